The molecule has 1 aliphatic rings. The first-order valence-electron chi connectivity index (χ1n) is 10.5. The Labute approximate surface area is 194 Å². The molecule has 5 rings (SSSR count). The molecule has 9 heteroatoms. The van der Waals surface area contributed by atoms with Crippen LogP contribution in [0.5, 0.6) is 0 Å². The highest BCUT2D eigenvalue weighted by molar-refractivity contribution is 7.15. The Bertz CT molecular complexity index is 1310. The summed E-state index contributed by atoms with van der Waals surface area (Å²) >= 11 is 1.28. The Hall–Kier alpha value is -3.85. The zero-order chi connectivity index (χ0) is 22.9. The summed E-state index contributed by atoms with van der Waals surface area (Å²) in [4.78, 5) is 27.4. The summed E-state index contributed by atoms with van der Waals surface area (Å²) in [7, 11) is 0. The van der Waals surface area contributed by atoms with Crippen LogP contribution >= 0.6 is 11.3 Å². The first-order valence-corrected chi connectivity index (χ1v) is 11.3. The topological polar surface area (TPSA) is 101 Å². The fraction of sp³-hybridized carbons (Fsp3) is 0.208. The molecule has 1 fully saturated rings. The molecule has 0 saturated carbocycles. The van der Waals surface area contributed by atoms with E-state index in [1.54, 1.807) is 11.8 Å². The number of benzene rings is 2. The van der Waals surface area contributed by atoms with E-state index >= 15 is 0 Å². The minimum Gasteiger partial charge on any atom is -0.360 e. The summed E-state index contributed by atoms with van der Waals surface area (Å²) in [5.41, 5.74) is 3.65. The standard InChI is InChI=1S/C24H21N5O3S/c1-14-8-10-18(11-9-14)29-13-17(12-19(29)30)23-26-27-24(33-23)25-22(31)20-15(2)32-28-21(20)16-6-4-3-5-7-16/h3-11,17H,12-13H2,1-2H3,(H,25,27,31). The number of carbonyl (C=O) groups is 2. The van der Waals surface area contributed by atoms with Gasteiger partial charge in [0.25, 0.3) is 5.91 Å². The minimum atomic E-state index is -0.362. The van der Waals surface area contributed by atoms with Crippen LogP contribution < -0.4 is 10.2 Å². The monoisotopic (exact) mass is 459 g/mol. The normalized spacial score (nSPS) is 15.8. The summed E-state index contributed by atoms with van der Waals surface area (Å²) in [5.74, 6) is 0.0432. The van der Waals surface area contributed by atoms with Gasteiger partial charge >= 0.3 is 0 Å². The largest absolute Gasteiger partial charge is 0.360 e. The van der Waals surface area contributed by atoms with Gasteiger partial charge in [0, 0.05) is 30.1 Å². The number of nitrogens with zero attached hydrogens (tertiary/aromatic N) is 4. The number of rotatable bonds is 5. The Morgan fingerprint density at radius 3 is 2.61 bits per heavy atom. The van der Waals surface area contributed by atoms with Crippen molar-refractivity contribution in [2.75, 3.05) is 16.8 Å². The first-order chi connectivity index (χ1) is 16.0. The van der Waals surface area contributed by atoms with Crippen molar-refractivity contribution in [1.29, 1.82) is 0 Å². The Morgan fingerprint density at radius 1 is 1.09 bits per heavy atom. The van der Waals surface area contributed by atoms with Crippen molar-refractivity contribution in [3.05, 3.63) is 76.5 Å². The van der Waals surface area contributed by atoms with Crippen LogP contribution in [0.3, 0.4) is 0 Å². The van der Waals surface area contributed by atoms with Crippen molar-refractivity contribution in [3.63, 3.8) is 0 Å². The third kappa shape index (κ3) is 4.14. The van der Waals surface area contributed by atoms with Crippen molar-refractivity contribution in [3.8, 4) is 11.3 Å². The van der Waals surface area contributed by atoms with E-state index in [0.717, 1.165) is 21.8 Å². The zero-order valence-electron chi connectivity index (χ0n) is 18.1. The molecule has 2 aromatic carbocycles. The smallest absolute Gasteiger partial charge is 0.263 e. The van der Waals surface area contributed by atoms with Gasteiger partial charge in [-0.05, 0) is 26.0 Å². The van der Waals surface area contributed by atoms with Gasteiger partial charge in [-0.1, -0.05) is 64.5 Å². The van der Waals surface area contributed by atoms with Gasteiger partial charge in [-0.2, -0.15) is 0 Å². The van der Waals surface area contributed by atoms with E-state index in [4.69, 9.17) is 4.52 Å². The molecule has 2 aromatic heterocycles. The second-order valence-corrected chi connectivity index (χ2v) is 8.98. The van der Waals surface area contributed by atoms with Crippen LogP contribution in [0.25, 0.3) is 11.3 Å². The van der Waals surface area contributed by atoms with Crippen LogP contribution in [0.4, 0.5) is 10.8 Å². The van der Waals surface area contributed by atoms with Crippen LogP contribution in [-0.4, -0.2) is 33.7 Å². The van der Waals surface area contributed by atoms with E-state index in [-0.39, 0.29) is 17.7 Å². The molecule has 8 nitrogen and oxygen atoms in total. The Balaban J connectivity index is 1.31. The van der Waals surface area contributed by atoms with Crippen molar-refractivity contribution in [2.45, 2.75) is 26.2 Å². The maximum atomic E-state index is 13.0. The number of aromatic nitrogens is 3. The highest BCUT2D eigenvalue weighted by Gasteiger charge is 2.34. The summed E-state index contributed by atoms with van der Waals surface area (Å²) in [5, 5.41) is 16.3. The maximum absolute atomic E-state index is 13.0. The van der Waals surface area contributed by atoms with Gasteiger partial charge in [0.05, 0.1) is 0 Å². The number of amides is 2. The van der Waals surface area contributed by atoms with E-state index in [2.05, 4.69) is 20.7 Å². The molecule has 4 aromatic rings. The lowest BCUT2D eigenvalue weighted by atomic mass is 10.1. The number of hydrogen-bond acceptors (Lipinski definition) is 7. The number of hydrogen-bond donors (Lipinski definition) is 1. The molecule has 1 atom stereocenters. The molecule has 1 aliphatic heterocycles. The molecule has 33 heavy (non-hydrogen) atoms. The molecule has 1 N–H and O–H groups in total. The summed E-state index contributed by atoms with van der Waals surface area (Å²) in [6.45, 7) is 4.25. The fourth-order valence-electron chi connectivity index (χ4n) is 3.89. The highest BCUT2D eigenvalue weighted by Crippen LogP contribution is 2.35. The van der Waals surface area contributed by atoms with E-state index < -0.39 is 0 Å². The van der Waals surface area contributed by atoms with E-state index in [1.165, 1.54) is 11.3 Å². The lowest BCUT2D eigenvalue weighted by Crippen LogP contribution is -2.24. The van der Waals surface area contributed by atoms with Gasteiger partial charge in [0.2, 0.25) is 11.0 Å². The van der Waals surface area contributed by atoms with Gasteiger partial charge in [-0.25, -0.2) is 0 Å². The second-order valence-electron chi connectivity index (χ2n) is 7.97. The van der Waals surface area contributed by atoms with Crippen LogP contribution in [0, 0.1) is 13.8 Å². The average Bonchev–Trinajstić information content (AvgIpc) is 3.53. The van der Waals surface area contributed by atoms with Crippen molar-refractivity contribution < 1.29 is 14.1 Å². The SMILES string of the molecule is Cc1ccc(N2CC(c3nnc(NC(=O)c4c(-c5ccccc5)noc4C)s3)CC2=O)cc1. The number of aryl methyl sites for hydroxylation is 2. The highest BCUT2D eigenvalue weighted by atomic mass is 32.1. The number of carbonyl (C=O) groups excluding carboxylic acids is 2. The summed E-state index contributed by atoms with van der Waals surface area (Å²) in [6, 6.07) is 17.3. The fourth-order valence-corrected chi connectivity index (χ4v) is 4.72. The van der Waals surface area contributed by atoms with Crippen LogP contribution in [0.15, 0.2) is 59.1 Å². The summed E-state index contributed by atoms with van der Waals surface area (Å²) < 4.78 is 5.28. The molecule has 3 heterocycles. The second kappa shape index (κ2) is 8.59. The molecular formula is C24H21N5O3S. The van der Waals surface area contributed by atoms with E-state index in [0.29, 0.717) is 35.1 Å². The molecule has 2 amide bonds. The third-order valence-corrected chi connectivity index (χ3v) is 6.62. The molecular weight excluding hydrogens is 438 g/mol. The summed E-state index contributed by atoms with van der Waals surface area (Å²) in [6.07, 6.45) is 0.360. The van der Waals surface area contributed by atoms with Crippen molar-refractivity contribution >= 4 is 34.0 Å². The average molecular weight is 460 g/mol. The third-order valence-electron chi connectivity index (χ3n) is 5.62. The molecule has 1 saturated heterocycles. The molecule has 0 bridgehead atoms. The molecule has 166 valence electrons. The lowest BCUT2D eigenvalue weighted by molar-refractivity contribution is -0.117. The van der Waals surface area contributed by atoms with E-state index in [9.17, 15) is 9.59 Å². The van der Waals surface area contributed by atoms with Crippen LogP contribution in [0.1, 0.15) is 39.0 Å². The van der Waals surface area contributed by atoms with Gasteiger partial charge in [-0.15, -0.1) is 10.2 Å². The van der Waals surface area contributed by atoms with Gasteiger partial charge in [-0.3, -0.25) is 14.9 Å². The predicted octanol–water partition coefficient (Wildman–Crippen LogP) is 4.58. The quantitative estimate of drug-likeness (QED) is 0.469. The van der Waals surface area contributed by atoms with Crippen LogP contribution in [-0.2, 0) is 4.79 Å². The number of nitrogens with one attached hydrogen (secondary N) is 1. The Morgan fingerprint density at radius 2 is 1.85 bits per heavy atom. The molecule has 0 aliphatic carbocycles. The van der Waals surface area contributed by atoms with Crippen LogP contribution in [0.2, 0.25) is 0 Å². The van der Waals surface area contributed by atoms with Crippen molar-refractivity contribution in [1.82, 2.24) is 15.4 Å². The molecule has 1 unspecified atom stereocenters. The molecule has 0 spiro atoms. The Kier molecular flexibility index (Phi) is 5.47. The lowest BCUT2D eigenvalue weighted by Gasteiger charge is -2.16. The minimum absolute atomic E-state index is 0.0530. The maximum Gasteiger partial charge on any atom is 0.263 e. The molecule has 0 radical (unpaired) electrons. The van der Waals surface area contributed by atoms with Gasteiger partial charge in [0.15, 0.2) is 0 Å². The van der Waals surface area contributed by atoms with Crippen molar-refractivity contribution in [2.24, 2.45) is 0 Å². The van der Waals surface area contributed by atoms with Gasteiger partial charge in [0.1, 0.15) is 22.0 Å². The predicted molar refractivity (Wildman–Crippen MR) is 125 cm³/mol. The number of anilines is 2. The zero-order valence-corrected chi connectivity index (χ0v) is 18.9. The van der Waals surface area contributed by atoms with E-state index in [1.807, 2.05) is 61.5 Å². The van der Waals surface area contributed by atoms with Gasteiger partial charge < -0.3 is 9.42 Å². The first kappa shape index (κ1) is 21.0.